The zero-order valence-corrected chi connectivity index (χ0v) is 9.94. The molecule has 0 aliphatic carbocycles. The maximum Gasteiger partial charge on any atom is 0.308 e. The summed E-state index contributed by atoms with van der Waals surface area (Å²) in [5, 5.41) is 19.4. The number of pyridine rings is 1. The molecular formula is C12H15NO5. The molecule has 2 atom stereocenters. The molecule has 6 nitrogen and oxygen atoms in total. The van der Waals surface area contributed by atoms with E-state index in [0.29, 0.717) is 11.8 Å². The van der Waals surface area contributed by atoms with Crippen molar-refractivity contribution in [2.45, 2.75) is 25.6 Å². The number of rotatable bonds is 6. The highest BCUT2D eigenvalue weighted by molar-refractivity contribution is 5.71. The molecule has 0 aromatic carbocycles. The van der Waals surface area contributed by atoms with Crippen LogP contribution in [0.5, 0.6) is 0 Å². The monoisotopic (exact) mass is 253 g/mol. The lowest BCUT2D eigenvalue weighted by Crippen LogP contribution is -2.23. The van der Waals surface area contributed by atoms with E-state index < -0.39 is 18.2 Å². The van der Waals surface area contributed by atoms with Gasteiger partial charge in [-0.15, -0.1) is 0 Å². The van der Waals surface area contributed by atoms with E-state index in [-0.39, 0.29) is 18.7 Å². The molecule has 0 fully saturated rings. The average Bonchev–Trinajstić information content (AvgIpc) is 2.38. The van der Waals surface area contributed by atoms with Crippen molar-refractivity contribution in [1.82, 2.24) is 4.98 Å². The zero-order chi connectivity index (χ0) is 13.5. The van der Waals surface area contributed by atoms with E-state index in [1.54, 1.807) is 6.92 Å². The molecule has 0 radical (unpaired) electrons. The number of ether oxygens (including phenoxy) is 1. The van der Waals surface area contributed by atoms with Crippen molar-refractivity contribution >= 4 is 12.3 Å². The maximum atomic E-state index is 11.1. The normalized spacial score (nSPS) is 13.7. The van der Waals surface area contributed by atoms with Crippen LogP contribution in [0.1, 0.15) is 35.5 Å². The van der Waals surface area contributed by atoms with Gasteiger partial charge in [0.15, 0.2) is 6.29 Å². The Morgan fingerprint density at radius 1 is 1.50 bits per heavy atom. The Kier molecular flexibility index (Phi) is 5.41. The summed E-state index contributed by atoms with van der Waals surface area (Å²) in [6, 6.07) is 2.89. The van der Waals surface area contributed by atoms with Crippen LogP contribution < -0.4 is 0 Å². The molecular weight excluding hydrogens is 238 g/mol. The van der Waals surface area contributed by atoms with Crippen molar-refractivity contribution in [1.29, 1.82) is 0 Å². The summed E-state index contributed by atoms with van der Waals surface area (Å²) >= 11 is 0. The third kappa shape index (κ3) is 3.90. The Labute approximate surface area is 104 Å². The van der Waals surface area contributed by atoms with Gasteiger partial charge >= 0.3 is 5.97 Å². The fraction of sp³-hybridized carbons (Fsp3) is 0.417. The lowest BCUT2D eigenvalue weighted by atomic mass is 10.0. The summed E-state index contributed by atoms with van der Waals surface area (Å²) < 4.78 is 4.66. The molecule has 0 saturated heterocycles. The third-order valence-electron chi connectivity index (χ3n) is 2.32. The van der Waals surface area contributed by atoms with Crippen molar-refractivity contribution in [2.75, 3.05) is 6.61 Å². The van der Waals surface area contributed by atoms with Crippen LogP contribution in [0.3, 0.4) is 0 Å². The summed E-state index contributed by atoms with van der Waals surface area (Å²) in [4.78, 5) is 25.3. The molecule has 2 N–H and O–H groups in total. The quantitative estimate of drug-likeness (QED) is 0.557. The summed E-state index contributed by atoms with van der Waals surface area (Å²) in [6.45, 7) is 1.88. The van der Waals surface area contributed by atoms with Crippen LogP contribution >= 0.6 is 0 Å². The molecule has 1 rings (SSSR count). The number of aliphatic hydroxyl groups excluding tert-OH is 2. The van der Waals surface area contributed by atoms with Crippen LogP contribution in [0.15, 0.2) is 18.3 Å². The number of hydrogen-bond acceptors (Lipinski definition) is 6. The molecule has 1 aromatic heterocycles. The molecule has 2 unspecified atom stereocenters. The Morgan fingerprint density at radius 2 is 2.22 bits per heavy atom. The number of carbonyl (C=O) groups excluding carboxylic acids is 2. The van der Waals surface area contributed by atoms with E-state index in [0.717, 1.165) is 0 Å². The Bertz CT molecular complexity index is 403. The molecule has 0 saturated carbocycles. The Hall–Kier alpha value is -1.79. The average molecular weight is 253 g/mol. The first-order valence-electron chi connectivity index (χ1n) is 5.51. The molecule has 0 aliphatic heterocycles. The van der Waals surface area contributed by atoms with Gasteiger partial charge in [0.25, 0.3) is 0 Å². The zero-order valence-electron chi connectivity index (χ0n) is 9.94. The molecule has 98 valence electrons. The van der Waals surface area contributed by atoms with E-state index >= 15 is 0 Å². The number of aliphatic hydroxyl groups is 2. The van der Waals surface area contributed by atoms with Gasteiger partial charge in [-0.1, -0.05) is 6.07 Å². The predicted molar refractivity (Wildman–Crippen MR) is 61.8 cm³/mol. The lowest BCUT2D eigenvalue weighted by Gasteiger charge is -2.17. The molecule has 1 heterocycles. The van der Waals surface area contributed by atoms with Gasteiger partial charge in [-0.2, -0.15) is 0 Å². The maximum absolute atomic E-state index is 11.1. The second-order valence-electron chi connectivity index (χ2n) is 3.66. The first-order valence-corrected chi connectivity index (χ1v) is 5.51. The van der Waals surface area contributed by atoms with E-state index in [1.807, 2.05) is 0 Å². The first-order chi connectivity index (χ1) is 8.58. The molecule has 0 aliphatic rings. The van der Waals surface area contributed by atoms with E-state index in [1.165, 1.54) is 18.3 Å². The second-order valence-corrected chi connectivity index (χ2v) is 3.66. The fourth-order valence-electron chi connectivity index (χ4n) is 1.39. The number of nitrogens with zero attached hydrogens (tertiary/aromatic N) is 1. The van der Waals surface area contributed by atoms with Crippen molar-refractivity contribution in [2.24, 2.45) is 0 Å². The SMILES string of the molecule is CCOC(=O)CC(O)C(O)c1ccc(C=O)nc1. The smallest absolute Gasteiger partial charge is 0.308 e. The third-order valence-corrected chi connectivity index (χ3v) is 2.32. The highest BCUT2D eigenvalue weighted by Gasteiger charge is 2.22. The van der Waals surface area contributed by atoms with Crippen LogP contribution in [-0.2, 0) is 9.53 Å². The highest BCUT2D eigenvalue weighted by Crippen LogP contribution is 2.18. The minimum atomic E-state index is -1.27. The van der Waals surface area contributed by atoms with Crippen molar-refractivity contribution < 1.29 is 24.5 Å². The van der Waals surface area contributed by atoms with Crippen molar-refractivity contribution in [3.63, 3.8) is 0 Å². The number of hydrogen-bond donors (Lipinski definition) is 2. The molecule has 0 spiro atoms. The van der Waals surface area contributed by atoms with Gasteiger partial charge in [-0.3, -0.25) is 14.6 Å². The van der Waals surface area contributed by atoms with Gasteiger partial charge in [-0.25, -0.2) is 0 Å². The molecule has 6 heteroatoms. The van der Waals surface area contributed by atoms with Gasteiger partial charge in [0.05, 0.1) is 19.1 Å². The van der Waals surface area contributed by atoms with E-state index in [9.17, 15) is 19.8 Å². The molecule has 18 heavy (non-hydrogen) atoms. The summed E-state index contributed by atoms with van der Waals surface area (Å²) in [5.41, 5.74) is 0.559. The fourth-order valence-corrected chi connectivity index (χ4v) is 1.39. The molecule has 1 aromatic rings. The number of aldehydes is 1. The van der Waals surface area contributed by atoms with Gasteiger partial charge < -0.3 is 14.9 Å². The van der Waals surface area contributed by atoms with Gasteiger partial charge in [0.2, 0.25) is 0 Å². The Morgan fingerprint density at radius 3 is 2.72 bits per heavy atom. The molecule has 0 bridgehead atoms. The second kappa shape index (κ2) is 6.83. The van der Waals surface area contributed by atoms with Crippen LogP contribution in [0.2, 0.25) is 0 Å². The minimum absolute atomic E-state index is 0.219. The van der Waals surface area contributed by atoms with E-state index in [4.69, 9.17) is 0 Å². The number of esters is 1. The number of aromatic nitrogens is 1. The summed E-state index contributed by atoms with van der Waals surface area (Å²) in [5.74, 6) is -0.582. The van der Waals surface area contributed by atoms with Crippen LogP contribution in [0, 0.1) is 0 Å². The van der Waals surface area contributed by atoms with E-state index in [2.05, 4.69) is 9.72 Å². The summed E-state index contributed by atoms with van der Waals surface area (Å²) in [7, 11) is 0. The minimum Gasteiger partial charge on any atom is -0.466 e. The standard InChI is InChI=1S/C12H15NO5/c1-2-18-11(16)5-10(15)12(17)8-3-4-9(7-14)13-6-8/h3-4,6-7,10,12,15,17H,2,5H2,1H3. The van der Waals surface area contributed by atoms with Crippen LogP contribution in [-0.4, -0.2) is 40.2 Å². The molecule has 0 amide bonds. The lowest BCUT2D eigenvalue weighted by molar-refractivity contribution is -0.147. The largest absolute Gasteiger partial charge is 0.466 e. The van der Waals surface area contributed by atoms with Crippen LogP contribution in [0.25, 0.3) is 0 Å². The van der Waals surface area contributed by atoms with Gasteiger partial charge in [-0.05, 0) is 13.0 Å². The Balaban J connectivity index is 2.64. The predicted octanol–water partition coefficient (Wildman–Crippen LogP) is 0.242. The van der Waals surface area contributed by atoms with Crippen LogP contribution in [0.4, 0.5) is 0 Å². The number of carbonyl (C=O) groups is 2. The van der Waals surface area contributed by atoms with Gasteiger partial charge in [0, 0.05) is 11.8 Å². The van der Waals surface area contributed by atoms with Crippen molar-refractivity contribution in [3.8, 4) is 0 Å². The van der Waals surface area contributed by atoms with Gasteiger partial charge in [0.1, 0.15) is 11.8 Å². The highest BCUT2D eigenvalue weighted by atomic mass is 16.5. The topological polar surface area (TPSA) is 96.7 Å². The summed E-state index contributed by atoms with van der Waals surface area (Å²) in [6.07, 6.45) is -0.964. The van der Waals surface area contributed by atoms with Crippen molar-refractivity contribution in [3.05, 3.63) is 29.6 Å². The first kappa shape index (κ1) is 14.3.